The molecule has 0 spiro atoms. The molecule has 21 heavy (non-hydrogen) atoms. The molecule has 1 saturated heterocycles. The zero-order valence-corrected chi connectivity index (χ0v) is 10.7. The van der Waals surface area contributed by atoms with E-state index in [4.69, 9.17) is 5.11 Å². The van der Waals surface area contributed by atoms with E-state index >= 15 is 0 Å². The van der Waals surface area contributed by atoms with Crippen molar-refractivity contribution in [2.45, 2.75) is 36.2 Å². The number of rotatable bonds is 3. The van der Waals surface area contributed by atoms with Gasteiger partial charge in [-0.05, 0) is 0 Å². The van der Waals surface area contributed by atoms with Gasteiger partial charge in [0.15, 0.2) is 0 Å². The molecular formula is C13H15F3O5. The Morgan fingerprint density at radius 1 is 1.10 bits per heavy atom. The van der Waals surface area contributed by atoms with Gasteiger partial charge >= 0.3 is 11.8 Å². The van der Waals surface area contributed by atoms with Crippen LogP contribution < -0.4 is 0 Å². The van der Waals surface area contributed by atoms with Gasteiger partial charge in [0.1, 0.15) is 24.4 Å². The summed E-state index contributed by atoms with van der Waals surface area (Å²) in [6.45, 7) is -0.999. The minimum absolute atomic E-state index is 0.771. The van der Waals surface area contributed by atoms with Crippen molar-refractivity contribution >= 4 is 0 Å². The molecule has 1 aromatic carbocycles. The molecule has 5 nitrogen and oxygen atoms in total. The molecule has 2 rings (SSSR count). The highest BCUT2D eigenvalue weighted by Crippen LogP contribution is 2.48. The Morgan fingerprint density at radius 3 is 2.19 bits per heavy atom. The van der Waals surface area contributed by atoms with Crippen LogP contribution in [0.15, 0.2) is 30.3 Å². The third-order valence-corrected chi connectivity index (χ3v) is 3.50. The van der Waals surface area contributed by atoms with Crippen molar-refractivity contribution in [3.05, 3.63) is 35.9 Å². The van der Waals surface area contributed by atoms with Crippen LogP contribution in [0.2, 0.25) is 0 Å². The summed E-state index contributed by atoms with van der Waals surface area (Å²) < 4.78 is 47.8. The summed E-state index contributed by atoms with van der Waals surface area (Å²) in [7, 11) is 0. The van der Waals surface area contributed by atoms with E-state index in [2.05, 4.69) is 4.74 Å². The maximum Gasteiger partial charge on any atom is 0.333 e. The molecule has 5 atom stereocenters. The van der Waals surface area contributed by atoms with Gasteiger partial charge in [0.05, 0.1) is 6.61 Å². The molecule has 1 unspecified atom stereocenters. The SMILES string of the molecule is OC[C@H]1OC(F)(C(F)(F)c2ccccc2)[C@H](O)[C@@H](O)[C@@H]1O. The van der Waals surface area contributed by atoms with Crippen LogP contribution in [-0.2, 0) is 10.7 Å². The number of ether oxygens (including phenoxy) is 1. The van der Waals surface area contributed by atoms with Crippen LogP contribution in [0.4, 0.5) is 13.2 Å². The second-order valence-electron chi connectivity index (χ2n) is 4.85. The molecule has 0 amide bonds. The van der Waals surface area contributed by atoms with E-state index in [-0.39, 0.29) is 0 Å². The molecule has 0 aliphatic carbocycles. The molecule has 0 aromatic heterocycles. The molecule has 0 saturated carbocycles. The van der Waals surface area contributed by atoms with Gasteiger partial charge < -0.3 is 25.2 Å². The highest BCUT2D eigenvalue weighted by molar-refractivity contribution is 5.24. The van der Waals surface area contributed by atoms with Crippen LogP contribution in [0.3, 0.4) is 0 Å². The lowest BCUT2D eigenvalue weighted by atomic mass is 9.87. The number of hydrogen-bond acceptors (Lipinski definition) is 5. The van der Waals surface area contributed by atoms with Crippen LogP contribution in [0.1, 0.15) is 5.56 Å². The lowest BCUT2D eigenvalue weighted by Crippen LogP contribution is -2.68. The number of benzene rings is 1. The number of aliphatic hydroxyl groups excluding tert-OH is 4. The molecule has 118 valence electrons. The van der Waals surface area contributed by atoms with Crippen molar-refractivity contribution in [1.82, 2.24) is 0 Å². The van der Waals surface area contributed by atoms with Crippen LogP contribution in [0.25, 0.3) is 0 Å². The molecule has 1 aliphatic heterocycles. The van der Waals surface area contributed by atoms with E-state index in [1.54, 1.807) is 0 Å². The van der Waals surface area contributed by atoms with Gasteiger partial charge in [-0.25, -0.2) is 4.39 Å². The van der Waals surface area contributed by atoms with Crippen LogP contribution in [0.5, 0.6) is 0 Å². The van der Waals surface area contributed by atoms with Crippen molar-refractivity contribution in [3.8, 4) is 0 Å². The fraction of sp³-hybridized carbons (Fsp3) is 0.538. The summed E-state index contributed by atoms with van der Waals surface area (Å²) in [5.74, 6) is -8.29. The first-order chi connectivity index (χ1) is 9.75. The van der Waals surface area contributed by atoms with Crippen molar-refractivity contribution in [2.75, 3.05) is 6.61 Å². The highest BCUT2D eigenvalue weighted by Gasteiger charge is 2.68. The van der Waals surface area contributed by atoms with Crippen molar-refractivity contribution < 1.29 is 38.3 Å². The van der Waals surface area contributed by atoms with E-state index in [1.165, 1.54) is 18.2 Å². The number of alkyl halides is 3. The maximum atomic E-state index is 14.7. The first kappa shape index (κ1) is 16.2. The van der Waals surface area contributed by atoms with Gasteiger partial charge in [0.2, 0.25) is 0 Å². The van der Waals surface area contributed by atoms with Crippen LogP contribution in [0, 0.1) is 0 Å². The zero-order chi connectivity index (χ0) is 15.8. The summed E-state index contributed by atoms with van der Waals surface area (Å²) in [5.41, 5.74) is -0.771. The van der Waals surface area contributed by atoms with Crippen LogP contribution in [-0.4, -0.2) is 57.3 Å². The first-order valence-corrected chi connectivity index (χ1v) is 6.21. The minimum Gasteiger partial charge on any atom is -0.394 e. The molecule has 0 radical (unpaired) electrons. The average molecular weight is 308 g/mol. The quantitative estimate of drug-likeness (QED) is 0.627. The van der Waals surface area contributed by atoms with Gasteiger partial charge in [-0.3, -0.25) is 0 Å². The summed E-state index contributed by atoms with van der Waals surface area (Å²) in [6, 6.07) is 5.80. The average Bonchev–Trinajstić information content (AvgIpc) is 2.49. The van der Waals surface area contributed by atoms with E-state index in [1.807, 2.05) is 0 Å². The molecule has 0 bridgehead atoms. The molecule has 1 aromatic rings. The molecule has 1 heterocycles. The molecule has 1 fully saturated rings. The normalized spacial score (nSPS) is 37.5. The Bertz CT molecular complexity index is 484. The summed E-state index contributed by atoms with van der Waals surface area (Å²) >= 11 is 0. The topological polar surface area (TPSA) is 90.2 Å². The van der Waals surface area contributed by atoms with E-state index < -0.39 is 48.4 Å². The third-order valence-electron chi connectivity index (χ3n) is 3.50. The standard InChI is InChI=1S/C13H15F3O5/c14-12(15,7-4-2-1-3-5-7)13(16)11(20)10(19)9(18)8(6-17)21-13/h1-5,8-11,17-20H,6H2/t8-,9-,10+,11-,13?/m1/s1. The monoisotopic (exact) mass is 308 g/mol. The van der Waals surface area contributed by atoms with Crippen LogP contribution >= 0.6 is 0 Å². The van der Waals surface area contributed by atoms with Gasteiger partial charge in [-0.2, -0.15) is 8.78 Å². The third kappa shape index (κ3) is 2.43. The Kier molecular flexibility index (Phi) is 4.27. The predicted molar refractivity (Wildman–Crippen MR) is 64.2 cm³/mol. The fourth-order valence-corrected chi connectivity index (χ4v) is 2.24. The van der Waals surface area contributed by atoms with Gasteiger partial charge in [-0.1, -0.05) is 30.3 Å². The highest BCUT2D eigenvalue weighted by atomic mass is 19.3. The lowest BCUT2D eigenvalue weighted by molar-refractivity contribution is -0.387. The first-order valence-electron chi connectivity index (χ1n) is 6.21. The fourth-order valence-electron chi connectivity index (χ4n) is 2.24. The van der Waals surface area contributed by atoms with Crippen molar-refractivity contribution in [2.24, 2.45) is 0 Å². The lowest BCUT2D eigenvalue weighted by Gasteiger charge is -2.46. The molecular weight excluding hydrogens is 293 g/mol. The largest absolute Gasteiger partial charge is 0.394 e. The minimum atomic E-state index is -4.30. The summed E-state index contributed by atoms with van der Waals surface area (Å²) in [4.78, 5) is 0. The summed E-state index contributed by atoms with van der Waals surface area (Å²) in [5, 5.41) is 37.5. The number of hydrogen-bond donors (Lipinski definition) is 4. The van der Waals surface area contributed by atoms with Crippen molar-refractivity contribution in [3.63, 3.8) is 0 Å². The molecule has 8 heteroatoms. The number of halogens is 3. The smallest absolute Gasteiger partial charge is 0.333 e. The molecule has 4 N–H and O–H groups in total. The van der Waals surface area contributed by atoms with Crippen molar-refractivity contribution in [1.29, 1.82) is 0 Å². The van der Waals surface area contributed by atoms with Gasteiger partial charge in [0, 0.05) is 5.56 Å². The summed E-state index contributed by atoms with van der Waals surface area (Å²) in [6.07, 6.45) is -8.59. The Morgan fingerprint density at radius 2 is 1.67 bits per heavy atom. The van der Waals surface area contributed by atoms with Gasteiger partial charge in [0.25, 0.3) is 0 Å². The Labute approximate surface area is 118 Å². The maximum absolute atomic E-state index is 14.7. The van der Waals surface area contributed by atoms with Gasteiger partial charge in [-0.15, -0.1) is 0 Å². The predicted octanol–water partition coefficient (Wildman–Crippen LogP) is -0.0820. The Balaban J connectivity index is 2.43. The number of aliphatic hydroxyl groups is 4. The Hall–Kier alpha value is -1.19. The second kappa shape index (κ2) is 5.54. The van der Waals surface area contributed by atoms with E-state index in [0.717, 1.165) is 12.1 Å². The van der Waals surface area contributed by atoms with E-state index in [0.29, 0.717) is 0 Å². The second-order valence-corrected chi connectivity index (χ2v) is 4.85. The van der Waals surface area contributed by atoms with E-state index in [9.17, 15) is 28.5 Å². The zero-order valence-electron chi connectivity index (χ0n) is 10.7. The molecule has 1 aliphatic rings.